The van der Waals surface area contributed by atoms with Crippen molar-refractivity contribution in [3.05, 3.63) is 29.3 Å². The zero-order chi connectivity index (χ0) is 23.5. The average Bonchev–Trinajstić information content (AvgIpc) is 3.29. The molecular formula is C23H38N4O4S2. The Morgan fingerprint density at radius 3 is 2.45 bits per heavy atom. The van der Waals surface area contributed by atoms with E-state index in [1.54, 1.807) is 6.07 Å². The maximum Gasteiger partial charge on any atom is 0.243 e. The monoisotopic (exact) mass is 498 g/mol. The quantitative estimate of drug-likeness (QED) is 0.552. The lowest BCUT2D eigenvalue weighted by atomic mass is 9.92. The predicted molar refractivity (Wildman–Crippen MR) is 130 cm³/mol. The second kappa shape index (κ2) is 10.7. The van der Waals surface area contributed by atoms with Crippen LogP contribution < -0.4 is 5.32 Å². The molecule has 2 heterocycles. The molecule has 10 heteroatoms. The number of benzene rings is 1. The predicted octanol–water partition coefficient (Wildman–Crippen LogP) is 1.28. The second-order valence-electron chi connectivity index (χ2n) is 9.39. The van der Waals surface area contributed by atoms with Crippen LogP contribution in [-0.2, 0) is 32.9 Å². The highest BCUT2D eigenvalue weighted by atomic mass is 32.2. The van der Waals surface area contributed by atoms with Gasteiger partial charge >= 0.3 is 0 Å². The van der Waals surface area contributed by atoms with Crippen molar-refractivity contribution in [3.8, 4) is 0 Å². The van der Waals surface area contributed by atoms with E-state index in [0.717, 1.165) is 57.2 Å². The van der Waals surface area contributed by atoms with Crippen molar-refractivity contribution >= 4 is 20.0 Å². The summed E-state index contributed by atoms with van der Waals surface area (Å²) in [5, 5.41) is 3.16. The van der Waals surface area contributed by atoms with E-state index in [9.17, 15) is 16.8 Å². The molecule has 2 aliphatic heterocycles. The molecule has 186 valence electrons. The van der Waals surface area contributed by atoms with E-state index < -0.39 is 20.0 Å². The smallest absolute Gasteiger partial charge is 0.243 e. The second-order valence-corrected chi connectivity index (χ2v) is 13.4. The van der Waals surface area contributed by atoms with Crippen LogP contribution in [0.5, 0.6) is 0 Å². The van der Waals surface area contributed by atoms with Crippen LogP contribution in [-0.4, -0.2) is 94.5 Å². The summed E-state index contributed by atoms with van der Waals surface area (Å²) in [6.07, 6.45) is 6.11. The van der Waals surface area contributed by atoms with Crippen molar-refractivity contribution in [1.29, 1.82) is 0 Å². The highest BCUT2D eigenvalue weighted by Gasteiger charge is 2.34. The first kappa shape index (κ1) is 25.1. The molecule has 2 saturated heterocycles. The summed E-state index contributed by atoms with van der Waals surface area (Å²) in [6.45, 7) is 6.38. The molecule has 0 bridgehead atoms. The molecule has 0 radical (unpaired) electrons. The van der Waals surface area contributed by atoms with Gasteiger partial charge in [-0.15, -0.1) is 0 Å². The Morgan fingerprint density at radius 2 is 1.73 bits per heavy atom. The minimum atomic E-state index is -3.80. The van der Waals surface area contributed by atoms with Crippen molar-refractivity contribution in [2.24, 2.45) is 0 Å². The third-order valence-electron chi connectivity index (χ3n) is 7.35. The van der Waals surface area contributed by atoms with Gasteiger partial charge in [-0.1, -0.05) is 13.0 Å². The largest absolute Gasteiger partial charge is 0.314 e. The molecule has 1 N–H and O–H groups in total. The fraction of sp³-hybridized carbons (Fsp3) is 0.739. The number of likely N-dealkylation sites (tertiary alicyclic amines) is 1. The van der Waals surface area contributed by atoms with Crippen LogP contribution in [0.2, 0.25) is 0 Å². The zero-order valence-electron chi connectivity index (χ0n) is 19.7. The molecule has 4 rings (SSSR count). The van der Waals surface area contributed by atoms with Crippen LogP contribution in [0.3, 0.4) is 0 Å². The Balaban J connectivity index is 1.57. The number of hydrogen-bond acceptors (Lipinski definition) is 6. The van der Waals surface area contributed by atoms with Gasteiger partial charge in [-0.2, -0.15) is 8.61 Å². The van der Waals surface area contributed by atoms with Gasteiger partial charge < -0.3 is 5.32 Å². The first-order chi connectivity index (χ1) is 15.8. The van der Waals surface area contributed by atoms with Crippen molar-refractivity contribution < 1.29 is 16.8 Å². The Labute approximate surface area is 199 Å². The van der Waals surface area contributed by atoms with Gasteiger partial charge in [0.15, 0.2) is 0 Å². The maximum absolute atomic E-state index is 13.8. The average molecular weight is 499 g/mol. The first-order valence-corrected chi connectivity index (χ1v) is 15.4. The van der Waals surface area contributed by atoms with E-state index in [-0.39, 0.29) is 18.3 Å². The summed E-state index contributed by atoms with van der Waals surface area (Å²) in [6, 6.07) is 5.62. The summed E-state index contributed by atoms with van der Waals surface area (Å²) in [4.78, 5) is 2.60. The van der Waals surface area contributed by atoms with Crippen molar-refractivity contribution in [2.45, 2.75) is 56.4 Å². The molecule has 1 aromatic rings. The fourth-order valence-corrected chi connectivity index (χ4v) is 8.44. The summed E-state index contributed by atoms with van der Waals surface area (Å²) in [7, 11) is -7.31. The molecule has 2 fully saturated rings. The molecule has 1 atom stereocenters. The van der Waals surface area contributed by atoms with Crippen LogP contribution >= 0.6 is 0 Å². The van der Waals surface area contributed by atoms with Gasteiger partial charge in [0.25, 0.3) is 0 Å². The fourth-order valence-electron chi connectivity index (χ4n) is 5.35. The minimum absolute atomic E-state index is 0.0142. The highest BCUT2D eigenvalue weighted by molar-refractivity contribution is 7.90. The molecule has 0 saturated carbocycles. The molecule has 0 spiro atoms. The van der Waals surface area contributed by atoms with Crippen LogP contribution in [0, 0.1) is 0 Å². The zero-order valence-corrected chi connectivity index (χ0v) is 21.3. The van der Waals surface area contributed by atoms with Crippen molar-refractivity contribution in [1.82, 2.24) is 18.8 Å². The SMILES string of the molecule is CCN1CCC[C@@H]1CN(CCS(=O)(=O)N1CCNCC1)S(=O)(=O)c1ccc2c(c1)CCCC2. The normalized spacial score (nSPS) is 23.2. The molecule has 3 aliphatic rings. The molecule has 8 nitrogen and oxygen atoms in total. The third kappa shape index (κ3) is 5.79. The number of nitrogens with one attached hydrogen (secondary N) is 1. The first-order valence-electron chi connectivity index (χ1n) is 12.4. The molecule has 1 aliphatic carbocycles. The lowest BCUT2D eigenvalue weighted by Gasteiger charge is -2.31. The number of nitrogens with zero attached hydrogens (tertiary/aromatic N) is 3. The van der Waals surface area contributed by atoms with E-state index >= 15 is 0 Å². The van der Waals surface area contributed by atoms with Gasteiger partial charge in [-0.3, -0.25) is 4.90 Å². The van der Waals surface area contributed by atoms with Crippen molar-refractivity contribution in [2.75, 3.05) is 58.1 Å². The number of hydrogen-bond donors (Lipinski definition) is 1. The molecular weight excluding hydrogens is 460 g/mol. The Bertz CT molecular complexity index is 1020. The van der Waals surface area contributed by atoms with Gasteiger partial charge in [0.1, 0.15) is 0 Å². The number of fused-ring (bicyclic) bond motifs is 1. The van der Waals surface area contributed by atoms with Crippen LogP contribution in [0.25, 0.3) is 0 Å². The maximum atomic E-state index is 13.8. The van der Waals surface area contributed by atoms with E-state index in [4.69, 9.17) is 0 Å². The van der Waals surface area contributed by atoms with E-state index in [0.29, 0.717) is 37.6 Å². The number of rotatable bonds is 9. The number of likely N-dealkylation sites (N-methyl/N-ethyl adjacent to an activating group) is 1. The van der Waals surface area contributed by atoms with Gasteiger partial charge in [-0.25, -0.2) is 16.8 Å². The Hall–Kier alpha value is -1.04. The Morgan fingerprint density at radius 1 is 1.00 bits per heavy atom. The van der Waals surface area contributed by atoms with Crippen molar-refractivity contribution in [3.63, 3.8) is 0 Å². The van der Waals surface area contributed by atoms with E-state index in [1.807, 2.05) is 12.1 Å². The lowest BCUT2D eigenvalue weighted by Crippen LogP contribution is -2.49. The van der Waals surface area contributed by atoms with Crippen LogP contribution in [0.15, 0.2) is 23.1 Å². The summed E-state index contributed by atoms with van der Waals surface area (Å²) in [5.41, 5.74) is 2.35. The molecule has 0 unspecified atom stereocenters. The van der Waals surface area contributed by atoms with E-state index in [1.165, 1.54) is 14.2 Å². The number of aryl methyl sites for hydroxylation is 2. The van der Waals surface area contributed by atoms with Gasteiger partial charge in [-0.05, 0) is 74.9 Å². The van der Waals surface area contributed by atoms with Crippen LogP contribution in [0.1, 0.15) is 43.7 Å². The highest BCUT2D eigenvalue weighted by Crippen LogP contribution is 2.27. The lowest BCUT2D eigenvalue weighted by molar-refractivity contribution is 0.229. The summed E-state index contributed by atoms with van der Waals surface area (Å²) >= 11 is 0. The summed E-state index contributed by atoms with van der Waals surface area (Å²) < 4.78 is 56.4. The van der Waals surface area contributed by atoms with Gasteiger partial charge in [0, 0.05) is 45.3 Å². The number of sulfonamides is 2. The van der Waals surface area contributed by atoms with Gasteiger partial charge in [0.2, 0.25) is 20.0 Å². The number of piperazine rings is 1. The standard InChI is InChI=1S/C23H38N4O4S2/c1-2-25-13-5-8-22(25)19-27(16-17-32(28,29)26-14-11-24-12-15-26)33(30,31)23-10-9-20-6-3-4-7-21(20)18-23/h9-10,18,22,24H,2-8,11-17,19H2,1H3/t22-/m1/s1. The van der Waals surface area contributed by atoms with Crippen LogP contribution in [0.4, 0.5) is 0 Å². The summed E-state index contributed by atoms with van der Waals surface area (Å²) in [5.74, 6) is -0.185. The topological polar surface area (TPSA) is 90.0 Å². The molecule has 1 aromatic carbocycles. The van der Waals surface area contributed by atoms with Gasteiger partial charge in [0.05, 0.1) is 10.6 Å². The minimum Gasteiger partial charge on any atom is -0.314 e. The molecule has 0 aromatic heterocycles. The molecule has 33 heavy (non-hydrogen) atoms. The molecule has 0 amide bonds. The Kier molecular flexibility index (Phi) is 8.13. The van der Waals surface area contributed by atoms with E-state index in [2.05, 4.69) is 17.1 Å². The third-order valence-corrected chi connectivity index (χ3v) is 11.1.